The second-order valence-electron chi connectivity index (χ2n) is 7.25. The quantitative estimate of drug-likeness (QED) is 0.841. The predicted octanol–water partition coefficient (Wildman–Crippen LogP) is 3.70. The molecule has 4 nitrogen and oxygen atoms in total. The predicted molar refractivity (Wildman–Crippen MR) is 74.6 cm³/mol. The van der Waals surface area contributed by atoms with E-state index in [1.165, 1.54) is 0 Å². The SMILES string of the molecule is CC1(Cn2nc(C3CC3)c(C(F)(F)F)c2C(N)=O)CCC(F)(F)C1. The lowest BCUT2D eigenvalue weighted by molar-refractivity contribution is -0.138. The van der Waals surface area contributed by atoms with Crippen LogP contribution in [0.4, 0.5) is 22.0 Å². The summed E-state index contributed by atoms with van der Waals surface area (Å²) in [6.07, 6.45) is -4.25. The van der Waals surface area contributed by atoms with Crippen molar-refractivity contribution in [1.82, 2.24) is 9.78 Å². The summed E-state index contributed by atoms with van der Waals surface area (Å²) in [5.74, 6) is -4.44. The molecule has 9 heteroatoms. The third kappa shape index (κ3) is 3.12. The molecule has 1 amide bonds. The van der Waals surface area contributed by atoms with Crippen LogP contribution in [0.1, 0.15) is 66.7 Å². The van der Waals surface area contributed by atoms with E-state index in [0.29, 0.717) is 12.8 Å². The highest BCUT2D eigenvalue weighted by Gasteiger charge is 2.49. The van der Waals surface area contributed by atoms with Gasteiger partial charge >= 0.3 is 6.18 Å². The van der Waals surface area contributed by atoms with Crippen molar-refractivity contribution in [1.29, 1.82) is 0 Å². The molecule has 3 rings (SSSR count). The summed E-state index contributed by atoms with van der Waals surface area (Å²) < 4.78 is 68.2. The molecule has 0 aromatic carbocycles. The lowest BCUT2D eigenvalue weighted by atomic mass is 9.88. The molecule has 2 saturated carbocycles. The Morgan fingerprint density at radius 1 is 1.33 bits per heavy atom. The zero-order valence-corrected chi connectivity index (χ0v) is 13.1. The topological polar surface area (TPSA) is 60.9 Å². The number of primary amides is 1. The largest absolute Gasteiger partial charge is 0.420 e. The van der Waals surface area contributed by atoms with Crippen LogP contribution in [-0.2, 0) is 12.7 Å². The van der Waals surface area contributed by atoms with E-state index in [2.05, 4.69) is 5.10 Å². The Kier molecular flexibility index (Phi) is 3.69. The third-order valence-corrected chi connectivity index (χ3v) is 4.77. The molecule has 0 aliphatic heterocycles. The van der Waals surface area contributed by atoms with Crippen LogP contribution in [0.2, 0.25) is 0 Å². The van der Waals surface area contributed by atoms with Crippen molar-refractivity contribution in [2.24, 2.45) is 11.1 Å². The minimum atomic E-state index is -4.76. The number of halogens is 5. The molecular weight excluding hydrogens is 333 g/mol. The standard InChI is InChI=1S/C15H18F5N3O/c1-13(4-5-14(16,17)6-13)7-23-11(12(21)24)9(15(18,19)20)10(22-23)8-2-3-8/h8H,2-7H2,1H3,(H2,21,24). The number of rotatable bonds is 4. The van der Waals surface area contributed by atoms with Gasteiger partial charge in [-0.15, -0.1) is 0 Å². The average Bonchev–Trinajstić information content (AvgIpc) is 3.10. The molecule has 24 heavy (non-hydrogen) atoms. The zero-order valence-electron chi connectivity index (χ0n) is 13.1. The van der Waals surface area contributed by atoms with E-state index in [1.54, 1.807) is 6.92 Å². The minimum Gasteiger partial charge on any atom is -0.364 e. The van der Waals surface area contributed by atoms with Crippen molar-refractivity contribution in [2.75, 3.05) is 0 Å². The summed E-state index contributed by atoms with van der Waals surface area (Å²) in [6.45, 7) is 1.39. The second-order valence-corrected chi connectivity index (χ2v) is 7.25. The third-order valence-electron chi connectivity index (χ3n) is 4.77. The molecule has 2 aliphatic carbocycles. The molecule has 2 N–H and O–H groups in total. The smallest absolute Gasteiger partial charge is 0.364 e. The van der Waals surface area contributed by atoms with E-state index in [4.69, 9.17) is 5.73 Å². The first-order valence-corrected chi connectivity index (χ1v) is 7.77. The maximum absolute atomic E-state index is 13.5. The number of amides is 1. The van der Waals surface area contributed by atoms with Crippen LogP contribution >= 0.6 is 0 Å². The average molecular weight is 351 g/mol. The Balaban J connectivity index is 2.03. The molecule has 1 unspecified atom stereocenters. The maximum atomic E-state index is 13.5. The van der Waals surface area contributed by atoms with Crippen molar-refractivity contribution in [2.45, 2.75) is 63.6 Å². The van der Waals surface area contributed by atoms with Gasteiger partial charge < -0.3 is 5.73 Å². The van der Waals surface area contributed by atoms with Gasteiger partial charge in [0.2, 0.25) is 5.92 Å². The molecule has 1 atom stereocenters. The monoisotopic (exact) mass is 351 g/mol. The van der Waals surface area contributed by atoms with Gasteiger partial charge in [-0.3, -0.25) is 9.48 Å². The van der Waals surface area contributed by atoms with Crippen molar-refractivity contribution in [3.05, 3.63) is 17.0 Å². The molecule has 0 spiro atoms. The molecule has 2 aliphatic rings. The number of alkyl halides is 5. The van der Waals surface area contributed by atoms with Gasteiger partial charge in [0.25, 0.3) is 5.91 Å². The van der Waals surface area contributed by atoms with Gasteiger partial charge in [0.05, 0.1) is 5.69 Å². The summed E-state index contributed by atoms with van der Waals surface area (Å²) in [7, 11) is 0. The van der Waals surface area contributed by atoms with Gasteiger partial charge in [-0.05, 0) is 24.7 Å². The van der Waals surface area contributed by atoms with Crippen molar-refractivity contribution in [3.8, 4) is 0 Å². The molecule has 0 bridgehead atoms. The Morgan fingerprint density at radius 3 is 2.38 bits per heavy atom. The first-order chi connectivity index (χ1) is 10.9. The molecule has 1 heterocycles. The summed E-state index contributed by atoms with van der Waals surface area (Å²) in [5, 5.41) is 3.97. The van der Waals surface area contributed by atoms with Crippen molar-refractivity contribution >= 4 is 5.91 Å². The van der Waals surface area contributed by atoms with Gasteiger partial charge in [-0.2, -0.15) is 18.3 Å². The number of carbonyl (C=O) groups is 1. The maximum Gasteiger partial charge on any atom is 0.420 e. The van der Waals surface area contributed by atoms with Gasteiger partial charge in [0.15, 0.2) is 0 Å². The Hall–Kier alpha value is -1.67. The number of nitrogens with two attached hydrogens (primary N) is 1. The van der Waals surface area contributed by atoms with Crippen LogP contribution in [0.25, 0.3) is 0 Å². The number of carbonyl (C=O) groups excluding carboxylic acids is 1. The van der Waals surface area contributed by atoms with E-state index < -0.39 is 41.1 Å². The van der Waals surface area contributed by atoms with Crippen LogP contribution in [0, 0.1) is 5.41 Å². The summed E-state index contributed by atoms with van der Waals surface area (Å²) >= 11 is 0. The molecule has 134 valence electrons. The molecule has 1 aromatic rings. The lowest BCUT2D eigenvalue weighted by Crippen LogP contribution is -2.28. The number of hydrogen-bond donors (Lipinski definition) is 1. The van der Waals surface area contributed by atoms with Crippen LogP contribution in [-0.4, -0.2) is 21.6 Å². The molecule has 1 aromatic heterocycles. The van der Waals surface area contributed by atoms with Crippen LogP contribution in [0.15, 0.2) is 0 Å². The van der Waals surface area contributed by atoms with Crippen LogP contribution < -0.4 is 5.73 Å². The van der Waals surface area contributed by atoms with Crippen molar-refractivity contribution < 1.29 is 26.7 Å². The second kappa shape index (κ2) is 5.16. The minimum absolute atomic E-state index is 0.151. The summed E-state index contributed by atoms with van der Waals surface area (Å²) in [6, 6.07) is 0. The van der Waals surface area contributed by atoms with E-state index in [-0.39, 0.29) is 31.0 Å². The first kappa shape index (κ1) is 17.2. The molecule has 2 fully saturated rings. The highest BCUT2D eigenvalue weighted by Crippen LogP contribution is 2.50. The number of nitrogens with zero attached hydrogens (tertiary/aromatic N) is 2. The number of aromatic nitrogens is 2. The fraction of sp³-hybridized carbons (Fsp3) is 0.733. The molecular formula is C15H18F5N3O. The van der Waals surface area contributed by atoms with Crippen molar-refractivity contribution in [3.63, 3.8) is 0 Å². The lowest BCUT2D eigenvalue weighted by Gasteiger charge is -2.24. The fourth-order valence-electron chi connectivity index (χ4n) is 3.55. The van der Waals surface area contributed by atoms with Crippen LogP contribution in [0.5, 0.6) is 0 Å². The van der Waals surface area contributed by atoms with Gasteiger partial charge in [0, 0.05) is 25.3 Å². The summed E-state index contributed by atoms with van der Waals surface area (Å²) in [4.78, 5) is 11.7. The van der Waals surface area contributed by atoms with E-state index in [0.717, 1.165) is 4.68 Å². The normalized spacial score (nSPS) is 26.8. The molecule has 0 radical (unpaired) electrons. The molecule has 0 saturated heterocycles. The van der Waals surface area contributed by atoms with Gasteiger partial charge in [0.1, 0.15) is 11.3 Å². The zero-order chi connectivity index (χ0) is 17.9. The highest BCUT2D eigenvalue weighted by molar-refractivity contribution is 5.93. The van der Waals surface area contributed by atoms with Gasteiger partial charge in [-0.1, -0.05) is 6.92 Å². The number of hydrogen-bond acceptors (Lipinski definition) is 2. The van der Waals surface area contributed by atoms with Gasteiger partial charge in [-0.25, -0.2) is 8.78 Å². The Morgan fingerprint density at radius 2 is 1.96 bits per heavy atom. The fourth-order valence-corrected chi connectivity index (χ4v) is 3.55. The summed E-state index contributed by atoms with van der Waals surface area (Å²) in [5.41, 5.74) is 2.22. The van der Waals surface area contributed by atoms with E-state index in [1.807, 2.05) is 0 Å². The van der Waals surface area contributed by atoms with E-state index in [9.17, 15) is 26.7 Å². The first-order valence-electron chi connectivity index (χ1n) is 7.77. The van der Waals surface area contributed by atoms with Crippen LogP contribution in [0.3, 0.4) is 0 Å². The highest BCUT2D eigenvalue weighted by atomic mass is 19.4. The Labute approximate surface area is 135 Å². The van der Waals surface area contributed by atoms with E-state index >= 15 is 0 Å². The Bertz CT molecular complexity index is 677.